The quantitative estimate of drug-likeness (QED) is 0.812. The number of likely N-dealkylation sites (tertiary alicyclic amines) is 1. The zero-order chi connectivity index (χ0) is 16.2. The molecule has 0 radical (unpaired) electrons. The minimum absolute atomic E-state index is 0.119. The molecule has 1 heterocycles. The monoisotopic (exact) mass is 284 g/mol. The summed E-state index contributed by atoms with van der Waals surface area (Å²) >= 11 is 0. The van der Waals surface area contributed by atoms with Crippen molar-refractivity contribution in [3.63, 3.8) is 0 Å². The molecule has 2 nitrogen and oxygen atoms in total. The molecule has 1 fully saturated rings. The third-order valence-corrected chi connectivity index (χ3v) is 5.97. The van der Waals surface area contributed by atoms with Crippen LogP contribution >= 0.6 is 0 Å². The summed E-state index contributed by atoms with van der Waals surface area (Å²) in [6.45, 7) is 22.6. The molecule has 0 saturated carbocycles. The molecule has 1 unspecified atom stereocenters. The SMILES string of the molecule is CC.CC(C(C)(C)N1CCCCC1)C(C)(C)C(C)(C)N. The largest absolute Gasteiger partial charge is 0.325 e. The Hall–Kier alpha value is -0.0800. The third-order valence-electron chi connectivity index (χ3n) is 5.97. The van der Waals surface area contributed by atoms with Crippen LogP contribution in [-0.2, 0) is 0 Å². The van der Waals surface area contributed by atoms with Gasteiger partial charge in [-0.2, -0.15) is 0 Å². The van der Waals surface area contributed by atoms with Crippen LogP contribution in [0.25, 0.3) is 0 Å². The van der Waals surface area contributed by atoms with Gasteiger partial charge >= 0.3 is 0 Å². The van der Waals surface area contributed by atoms with Crippen LogP contribution in [0.5, 0.6) is 0 Å². The highest BCUT2D eigenvalue weighted by atomic mass is 15.2. The van der Waals surface area contributed by atoms with E-state index >= 15 is 0 Å². The lowest BCUT2D eigenvalue weighted by Crippen LogP contribution is -2.60. The van der Waals surface area contributed by atoms with Gasteiger partial charge in [-0.25, -0.2) is 0 Å². The maximum atomic E-state index is 6.42. The van der Waals surface area contributed by atoms with E-state index in [-0.39, 0.29) is 16.5 Å². The minimum atomic E-state index is -0.153. The number of hydrogen-bond donors (Lipinski definition) is 1. The van der Waals surface area contributed by atoms with Crippen LogP contribution in [0, 0.1) is 11.3 Å². The molecule has 2 heteroatoms. The van der Waals surface area contributed by atoms with Crippen molar-refractivity contribution in [3.8, 4) is 0 Å². The molecule has 1 aliphatic heterocycles. The van der Waals surface area contributed by atoms with Crippen molar-refractivity contribution in [2.75, 3.05) is 13.1 Å². The van der Waals surface area contributed by atoms with Crippen LogP contribution in [0.3, 0.4) is 0 Å². The summed E-state index contributed by atoms with van der Waals surface area (Å²) < 4.78 is 0. The first-order valence-corrected chi connectivity index (χ1v) is 8.55. The number of piperidine rings is 1. The fraction of sp³-hybridized carbons (Fsp3) is 1.00. The second-order valence-corrected chi connectivity index (χ2v) is 7.87. The van der Waals surface area contributed by atoms with Gasteiger partial charge < -0.3 is 5.73 Å². The predicted octanol–water partition coefficient (Wildman–Crippen LogP) is 4.68. The Morgan fingerprint density at radius 1 is 0.850 bits per heavy atom. The van der Waals surface area contributed by atoms with E-state index in [9.17, 15) is 0 Å². The predicted molar refractivity (Wildman–Crippen MR) is 92.1 cm³/mol. The summed E-state index contributed by atoms with van der Waals surface area (Å²) in [5.74, 6) is 0.558. The second kappa shape index (κ2) is 7.26. The van der Waals surface area contributed by atoms with Gasteiger partial charge in [0.1, 0.15) is 0 Å². The van der Waals surface area contributed by atoms with E-state index < -0.39 is 0 Å². The first-order valence-electron chi connectivity index (χ1n) is 8.55. The van der Waals surface area contributed by atoms with E-state index in [2.05, 4.69) is 53.4 Å². The molecule has 1 rings (SSSR count). The van der Waals surface area contributed by atoms with Gasteiger partial charge in [-0.15, -0.1) is 0 Å². The molecule has 2 N–H and O–H groups in total. The van der Waals surface area contributed by atoms with Gasteiger partial charge in [0.15, 0.2) is 0 Å². The van der Waals surface area contributed by atoms with Gasteiger partial charge in [0.25, 0.3) is 0 Å². The Balaban J connectivity index is 0.00000172. The summed E-state index contributed by atoms with van der Waals surface area (Å²) in [6, 6.07) is 0. The molecule has 0 spiro atoms. The summed E-state index contributed by atoms with van der Waals surface area (Å²) in [6.07, 6.45) is 4.10. The Bertz CT molecular complexity index is 268. The van der Waals surface area contributed by atoms with E-state index in [1.807, 2.05) is 13.8 Å². The van der Waals surface area contributed by atoms with Gasteiger partial charge in [0.05, 0.1) is 0 Å². The van der Waals surface area contributed by atoms with Crippen LogP contribution in [0.4, 0.5) is 0 Å². The molecule has 0 aliphatic carbocycles. The van der Waals surface area contributed by atoms with Crippen LogP contribution in [0.15, 0.2) is 0 Å². The Morgan fingerprint density at radius 3 is 1.60 bits per heavy atom. The summed E-state index contributed by atoms with van der Waals surface area (Å²) in [5.41, 5.74) is 6.61. The molecular formula is C18H40N2. The highest BCUT2D eigenvalue weighted by Crippen LogP contribution is 2.44. The molecule has 0 bridgehead atoms. The van der Waals surface area contributed by atoms with Crippen LogP contribution in [0.2, 0.25) is 0 Å². The Kier molecular flexibility index (Phi) is 7.24. The van der Waals surface area contributed by atoms with E-state index in [0.29, 0.717) is 5.92 Å². The maximum Gasteiger partial charge on any atom is 0.0184 e. The Morgan fingerprint density at radius 2 is 1.25 bits per heavy atom. The normalized spacial score (nSPS) is 20.1. The molecule has 0 aromatic carbocycles. The molecule has 0 aromatic rings. The summed E-state index contributed by atoms with van der Waals surface area (Å²) in [4.78, 5) is 2.68. The zero-order valence-electron chi connectivity index (χ0n) is 15.6. The molecule has 20 heavy (non-hydrogen) atoms. The van der Waals surface area contributed by atoms with E-state index in [1.54, 1.807) is 0 Å². The summed E-state index contributed by atoms with van der Waals surface area (Å²) in [7, 11) is 0. The lowest BCUT2D eigenvalue weighted by molar-refractivity contribution is -0.0256. The van der Waals surface area contributed by atoms with Gasteiger partial charge in [-0.05, 0) is 65.0 Å². The zero-order valence-corrected chi connectivity index (χ0v) is 15.6. The smallest absolute Gasteiger partial charge is 0.0184 e. The van der Waals surface area contributed by atoms with Crippen LogP contribution < -0.4 is 5.73 Å². The van der Waals surface area contributed by atoms with Gasteiger partial charge in [0, 0.05) is 11.1 Å². The van der Waals surface area contributed by atoms with Crippen molar-refractivity contribution in [3.05, 3.63) is 0 Å². The van der Waals surface area contributed by atoms with Crippen molar-refractivity contribution >= 4 is 0 Å². The number of rotatable bonds is 4. The van der Waals surface area contributed by atoms with Gasteiger partial charge in [0.2, 0.25) is 0 Å². The molecule has 122 valence electrons. The first-order chi connectivity index (χ1) is 9.01. The minimum Gasteiger partial charge on any atom is -0.325 e. The van der Waals surface area contributed by atoms with Gasteiger partial charge in [-0.3, -0.25) is 4.90 Å². The number of nitrogens with two attached hydrogens (primary N) is 1. The first kappa shape index (κ1) is 19.9. The topological polar surface area (TPSA) is 29.3 Å². The van der Waals surface area contributed by atoms with Crippen molar-refractivity contribution < 1.29 is 0 Å². The molecule has 0 amide bonds. The number of nitrogens with zero attached hydrogens (tertiary/aromatic N) is 1. The van der Waals surface area contributed by atoms with E-state index in [4.69, 9.17) is 5.73 Å². The average molecular weight is 285 g/mol. The van der Waals surface area contributed by atoms with E-state index in [0.717, 1.165) is 0 Å². The molecule has 1 atom stereocenters. The standard InChI is InChI=1S/C16H34N2.C2H6/c1-13(14(2,3)16(6,7)17)15(4,5)18-11-9-8-10-12-18;1-2/h13H,8-12,17H2,1-7H3;1-2H3. The van der Waals surface area contributed by atoms with Crippen molar-refractivity contribution in [2.24, 2.45) is 17.1 Å². The van der Waals surface area contributed by atoms with Crippen LogP contribution in [-0.4, -0.2) is 29.1 Å². The summed E-state index contributed by atoms with van der Waals surface area (Å²) in [5, 5.41) is 0. The highest BCUT2D eigenvalue weighted by molar-refractivity contribution is 5.02. The van der Waals surface area contributed by atoms with Crippen LogP contribution in [0.1, 0.15) is 81.6 Å². The average Bonchev–Trinajstić information content (AvgIpc) is 2.39. The maximum absolute atomic E-state index is 6.42. The fourth-order valence-electron chi connectivity index (χ4n) is 3.19. The second-order valence-electron chi connectivity index (χ2n) is 7.87. The fourth-order valence-corrected chi connectivity index (χ4v) is 3.19. The molecule has 1 saturated heterocycles. The lowest BCUT2D eigenvalue weighted by Gasteiger charge is -2.54. The Labute approximate surface area is 128 Å². The van der Waals surface area contributed by atoms with E-state index in [1.165, 1.54) is 32.4 Å². The highest BCUT2D eigenvalue weighted by Gasteiger charge is 2.47. The lowest BCUT2D eigenvalue weighted by atomic mass is 9.61. The van der Waals surface area contributed by atoms with Crippen molar-refractivity contribution in [2.45, 2.75) is 92.7 Å². The number of hydrogen-bond acceptors (Lipinski definition) is 2. The van der Waals surface area contributed by atoms with Crippen molar-refractivity contribution in [1.29, 1.82) is 0 Å². The van der Waals surface area contributed by atoms with Crippen molar-refractivity contribution in [1.82, 2.24) is 4.90 Å². The third kappa shape index (κ3) is 4.21. The van der Waals surface area contributed by atoms with Gasteiger partial charge in [-0.1, -0.05) is 41.0 Å². The molecular weight excluding hydrogens is 244 g/mol. The molecule has 0 aromatic heterocycles. The molecule has 1 aliphatic rings.